The summed E-state index contributed by atoms with van der Waals surface area (Å²) in [6.45, 7) is 4.19. The molecule has 0 aromatic heterocycles. The summed E-state index contributed by atoms with van der Waals surface area (Å²) in [4.78, 5) is 11.6. The van der Waals surface area contributed by atoms with Crippen molar-refractivity contribution in [2.24, 2.45) is 5.41 Å². The van der Waals surface area contributed by atoms with Crippen LogP contribution >= 0.6 is 0 Å². The lowest BCUT2D eigenvalue weighted by Gasteiger charge is -2.38. The zero-order valence-electron chi connectivity index (χ0n) is 18.2. The van der Waals surface area contributed by atoms with Crippen LogP contribution in [0.3, 0.4) is 0 Å². The fraction of sp³-hybridized carbons (Fsp3) is 0.231. The molecule has 0 saturated carbocycles. The van der Waals surface area contributed by atoms with E-state index in [0.717, 1.165) is 27.6 Å². The summed E-state index contributed by atoms with van der Waals surface area (Å²) in [7, 11) is 0. The number of nitrogens with one attached hydrogen (secondary N) is 1. The van der Waals surface area contributed by atoms with E-state index >= 15 is 0 Å². The van der Waals surface area contributed by atoms with Crippen LogP contribution in [0.1, 0.15) is 37.4 Å². The molecule has 3 aliphatic rings. The van der Waals surface area contributed by atoms with Crippen molar-refractivity contribution < 1.29 is 19.5 Å². The Bertz CT molecular complexity index is 1420. The van der Waals surface area contributed by atoms with Gasteiger partial charge in [0.25, 0.3) is 5.69 Å². The van der Waals surface area contributed by atoms with Crippen LogP contribution in [-0.2, 0) is 0 Å². The van der Waals surface area contributed by atoms with E-state index in [1.807, 2.05) is 30.3 Å². The van der Waals surface area contributed by atoms with E-state index in [1.165, 1.54) is 6.07 Å². The molecule has 2 N–H and O–H groups in total. The van der Waals surface area contributed by atoms with Crippen molar-refractivity contribution in [3.63, 3.8) is 0 Å². The van der Waals surface area contributed by atoms with Crippen LogP contribution in [0.25, 0.3) is 16.3 Å². The first kappa shape index (κ1) is 19.7. The number of ether oxygens (including phenoxy) is 2. The number of hydrogen-bond donors (Lipinski definition) is 2. The number of fused-ring (bicyclic) bond motifs is 5. The van der Waals surface area contributed by atoms with Crippen molar-refractivity contribution in [2.75, 3.05) is 12.1 Å². The largest absolute Gasteiger partial charge is 0.508 e. The number of nitro groups is 1. The maximum absolute atomic E-state index is 12.0. The van der Waals surface area contributed by atoms with Gasteiger partial charge in [-0.1, -0.05) is 44.2 Å². The van der Waals surface area contributed by atoms with Gasteiger partial charge in [0.2, 0.25) is 6.79 Å². The van der Waals surface area contributed by atoms with Gasteiger partial charge in [0, 0.05) is 16.8 Å². The van der Waals surface area contributed by atoms with Crippen LogP contribution in [0.5, 0.6) is 11.5 Å². The lowest BCUT2D eigenvalue weighted by molar-refractivity contribution is -0.385. The van der Waals surface area contributed by atoms with Gasteiger partial charge in [0.05, 0.1) is 22.6 Å². The smallest absolute Gasteiger partial charge is 0.279 e. The Hall–Kier alpha value is -4.00. The average molecular weight is 442 g/mol. The Morgan fingerprint density at radius 1 is 1.12 bits per heavy atom. The summed E-state index contributed by atoms with van der Waals surface area (Å²) < 4.78 is 10.9. The van der Waals surface area contributed by atoms with Gasteiger partial charge in [-0.3, -0.25) is 10.1 Å². The first-order chi connectivity index (χ1) is 15.8. The summed E-state index contributed by atoms with van der Waals surface area (Å²) in [5, 5.41) is 28.9. The lowest BCUT2D eigenvalue weighted by atomic mass is 9.71. The van der Waals surface area contributed by atoms with Gasteiger partial charge < -0.3 is 19.9 Å². The Morgan fingerprint density at radius 2 is 1.88 bits per heavy atom. The van der Waals surface area contributed by atoms with E-state index < -0.39 is 11.0 Å². The first-order valence-electron chi connectivity index (χ1n) is 10.8. The molecule has 2 aliphatic heterocycles. The molecule has 3 aromatic rings. The number of nitro benzene ring substituents is 1. The second-order valence-electron chi connectivity index (χ2n) is 9.40. The number of allylic oxidation sites excluding steroid dienone is 2. The van der Waals surface area contributed by atoms with E-state index in [-0.39, 0.29) is 23.7 Å². The molecular formula is C26H22N2O5. The predicted molar refractivity (Wildman–Crippen MR) is 126 cm³/mol. The Labute approximate surface area is 190 Å². The highest BCUT2D eigenvalue weighted by Crippen LogP contribution is 2.54. The molecular weight excluding hydrogens is 420 g/mol. The molecule has 0 bridgehead atoms. The van der Waals surface area contributed by atoms with Gasteiger partial charge in [-0.25, -0.2) is 0 Å². The maximum atomic E-state index is 12.0. The highest BCUT2D eigenvalue weighted by molar-refractivity contribution is 6.02. The minimum absolute atomic E-state index is 0.0240. The minimum atomic E-state index is -0.615. The van der Waals surface area contributed by atoms with E-state index in [9.17, 15) is 15.2 Å². The van der Waals surface area contributed by atoms with Gasteiger partial charge >= 0.3 is 0 Å². The standard InChI is InChI=1S/C26H22N2O5/c1-26(2)11-17-23-15-6-4-3-5-14(15)7-8-18(23)27-25(24(17)20(29)12-26)16-9-21-22(33-13-32-21)10-19(16)28(30)31/h3-10,12,25,27,29H,11,13H2,1-2H3. The number of benzene rings is 3. The van der Waals surface area contributed by atoms with E-state index in [0.29, 0.717) is 29.1 Å². The molecule has 2 heterocycles. The van der Waals surface area contributed by atoms with Gasteiger partial charge in [0.1, 0.15) is 5.76 Å². The van der Waals surface area contributed by atoms with Crippen molar-refractivity contribution in [3.8, 4) is 11.5 Å². The summed E-state index contributed by atoms with van der Waals surface area (Å²) >= 11 is 0. The van der Waals surface area contributed by atoms with Gasteiger partial charge in [-0.05, 0) is 46.4 Å². The Morgan fingerprint density at radius 3 is 2.67 bits per heavy atom. The summed E-state index contributed by atoms with van der Waals surface area (Å²) in [5.41, 5.74) is 3.67. The van der Waals surface area contributed by atoms with Crippen LogP contribution in [-0.4, -0.2) is 16.8 Å². The van der Waals surface area contributed by atoms with Crippen molar-refractivity contribution in [1.82, 2.24) is 0 Å². The number of rotatable bonds is 2. The molecule has 1 unspecified atom stereocenters. The normalized spacial score (nSPS) is 20.1. The molecule has 7 heteroatoms. The third-order valence-electron chi connectivity index (χ3n) is 6.61. The second-order valence-corrected chi connectivity index (χ2v) is 9.40. The van der Waals surface area contributed by atoms with E-state index in [4.69, 9.17) is 9.47 Å². The second kappa shape index (κ2) is 6.75. The molecule has 6 rings (SSSR count). The van der Waals surface area contributed by atoms with Crippen molar-refractivity contribution >= 4 is 27.7 Å². The highest BCUT2D eigenvalue weighted by atomic mass is 16.7. The summed E-state index contributed by atoms with van der Waals surface area (Å²) in [6.07, 6.45) is 2.54. The first-order valence-corrected chi connectivity index (χ1v) is 10.8. The van der Waals surface area contributed by atoms with Crippen molar-refractivity contribution in [2.45, 2.75) is 26.3 Å². The maximum Gasteiger partial charge on any atom is 0.279 e. The molecule has 0 spiro atoms. The fourth-order valence-corrected chi connectivity index (χ4v) is 5.26. The van der Waals surface area contributed by atoms with Gasteiger partial charge in [0.15, 0.2) is 11.5 Å². The highest BCUT2D eigenvalue weighted by Gasteiger charge is 2.40. The molecule has 1 atom stereocenters. The number of aliphatic hydroxyl groups excluding tert-OH is 1. The van der Waals surface area contributed by atoms with Crippen LogP contribution in [0.2, 0.25) is 0 Å². The van der Waals surface area contributed by atoms with Crippen molar-refractivity contribution in [1.29, 1.82) is 0 Å². The van der Waals surface area contributed by atoms with Gasteiger partial charge in [-0.2, -0.15) is 0 Å². The molecule has 1 aliphatic carbocycles. The summed E-state index contributed by atoms with van der Waals surface area (Å²) in [5.74, 6) is 0.958. The van der Waals surface area contributed by atoms with Crippen LogP contribution in [0, 0.1) is 15.5 Å². The van der Waals surface area contributed by atoms with Gasteiger partial charge in [-0.15, -0.1) is 0 Å². The molecule has 0 radical (unpaired) electrons. The Balaban J connectivity index is 1.64. The van der Waals surface area contributed by atoms with E-state index in [2.05, 4.69) is 31.3 Å². The quantitative estimate of drug-likeness (QED) is 0.359. The van der Waals surface area contributed by atoms with Crippen LogP contribution < -0.4 is 14.8 Å². The lowest BCUT2D eigenvalue weighted by Crippen LogP contribution is -2.27. The molecule has 33 heavy (non-hydrogen) atoms. The third-order valence-corrected chi connectivity index (χ3v) is 6.61. The monoisotopic (exact) mass is 442 g/mol. The SMILES string of the molecule is CC1(C)C=C(O)C2=C(C1)c1c(ccc3ccccc13)NC2c1cc2c(cc1[N+](=O)[O-])OCO2. The van der Waals surface area contributed by atoms with Crippen molar-refractivity contribution in [3.05, 3.63) is 87.2 Å². The predicted octanol–water partition coefficient (Wildman–Crippen LogP) is 6.27. The Kier molecular flexibility index (Phi) is 4.02. The molecule has 0 saturated heterocycles. The molecule has 7 nitrogen and oxygen atoms in total. The molecule has 3 aromatic carbocycles. The topological polar surface area (TPSA) is 93.9 Å². The molecule has 0 fully saturated rings. The zero-order chi connectivity index (χ0) is 22.9. The molecule has 166 valence electrons. The van der Waals surface area contributed by atoms with Crippen LogP contribution in [0.15, 0.2) is 65.9 Å². The fourth-order valence-electron chi connectivity index (χ4n) is 5.26. The average Bonchev–Trinajstić information content (AvgIpc) is 3.24. The van der Waals surface area contributed by atoms with E-state index in [1.54, 1.807) is 6.07 Å². The van der Waals surface area contributed by atoms with Crippen LogP contribution in [0.4, 0.5) is 11.4 Å². The molecule has 0 amide bonds. The zero-order valence-corrected chi connectivity index (χ0v) is 18.2. The number of aliphatic hydroxyl groups is 1. The number of nitrogens with zero attached hydrogens (tertiary/aromatic N) is 1. The summed E-state index contributed by atoms with van der Waals surface area (Å²) in [6, 6.07) is 14.6. The number of hydrogen-bond acceptors (Lipinski definition) is 6. The number of anilines is 1. The minimum Gasteiger partial charge on any atom is -0.508 e. The third kappa shape index (κ3) is 2.96.